The van der Waals surface area contributed by atoms with Crippen molar-refractivity contribution in [2.45, 2.75) is 17.2 Å². The fraction of sp³-hybridized carbons (Fsp3) is 0.400. The monoisotopic (exact) mass is 289 g/mol. The van der Waals surface area contributed by atoms with E-state index in [0.29, 0.717) is 0 Å². The van der Waals surface area contributed by atoms with Crippen LogP contribution in [-0.4, -0.2) is 26.0 Å². The molecule has 0 aliphatic heterocycles. The highest BCUT2D eigenvalue weighted by atomic mass is 79.9. The van der Waals surface area contributed by atoms with Gasteiger partial charge < -0.3 is 5.73 Å². The number of hydrogen-bond acceptors (Lipinski definition) is 3. The van der Waals surface area contributed by atoms with E-state index >= 15 is 0 Å². The molecule has 0 amide bonds. The molecule has 1 aromatic rings. The Labute approximate surface area is 97.7 Å². The van der Waals surface area contributed by atoms with Crippen LogP contribution in [0.25, 0.3) is 0 Å². The first-order valence-electron chi connectivity index (χ1n) is 4.61. The maximum absolute atomic E-state index is 11.4. The SMILES string of the molecule is CS(=O)(=O)[C@@H]1[C@H](N)[C@@H]1c1ccc(Br)cc1. The summed E-state index contributed by atoms with van der Waals surface area (Å²) in [6.45, 7) is 0. The summed E-state index contributed by atoms with van der Waals surface area (Å²) in [5, 5.41) is -0.404. The van der Waals surface area contributed by atoms with Gasteiger partial charge in [-0.1, -0.05) is 28.1 Å². The molecule has 2 rings (SSSR count). The molecule has 15 heavy (non-hydrogen) atoms. The van der Waals surface area contributed by atoms with E-state index in [1.54, 1.807) is 0 Å². The van der Waals surface area contributed by atoms with Crippen molar-refractivity contribution in [2.75, 3.05) is 6.26 Å². The van der Waals surface area contributed by atoms with E-state index < -0.39 is 15.1 Å². The van der Waals surface area contributed by atoms with Crippen molar-refractivity contribution in [3.63, 3.8) is 0 Å². The molecule has 1 aromatic carbocycles. The first kappa shape index (κ1) is 11.1. The fourth-order valence-electron chi connectivity index (χ4n) is 1.95. The number of sulfone groups is 1. The summed E-state index contributed by atoms with van der Waals surface area (Å²) in [6.07, 6.45) is 1.25. The summed E-state index contributed by atoms with van der Waals surface area (Å²) < 4.78 is 23.7. The molecule has 0 spiro atoms. The van der Waals surface area contributed by atoms with Gasteiger partial charge in [-0.2, -0.15) is 0 Å². The Hall–Kier alpha value is -0.390. The molecule has 82 valence electrons. The van der Waals surface area contributed by atoms with Gasteiger partial charge in [0, 0.05) is 22.7 Å². The van der Waals surface area contributed by atoms with Gasteiger partial charge in [-0.3, -0.25) is 0 Å². The second-order valence-corrected chi connectivity index (χ2v) is 7.07. The zero-order valence-electron chi connectivity index (χ0n) is 8.22. The minimum Gasteiger partial charge on any atom is -0.326 e. The Morgan fingerprint density at radius 3 is 2.20 bits per heavy atom. The molecule has 5 heteroatoms. The molecular formula is C10H12BrNO2S. The van der Waals surface area contributed by atoms with Crippen LogP contribution in [0, 0.1) is 0 Å². The lowest BCUT2D eigenvalue weighted by atomic mass is 10.1. The van der Waals surface area contributed by atoms with Gasteiger partial charge in [0.15, 0.2) is 9.84 Å². The maximum atomic E-state index is 11.4. The van der Waals surface area contributed by atoms with Crippen molar-refractivity contribution in [2.24, 2.45) is 5.73 Å². The Morgan fingerprint density at radius 1 is 1.27 bits per heavy atom. The van der Waals surface area contributed by atoms with Gasteiger partial charge in [-0.05, 0) is 17.7 Å². The van der Waals surface area contributed by atoms with E-state index in [-0.39, 0.29) is 12.0 Å². The Morgan fingerprint density at radius 2 is 1.80 bits per heavy atom. The van der Waals surface area contributed by atoms with Gasteiger partial charge >= 0.3 is 0 Å². The number of hydrogen-bond donors (Lipinski definition) is 1. The normalized spacial score (nSPS) is 30.2. The number of benzene rings is 1. The molecule has 1 saturated carbocycles. The minimum absolute atomic E-state index is 0.0342. The molecule has 0 radical (unpaired) electrons. The average molecular weight is 290 g/mol. The highest BCUT2D eigenvalue weighted by molar-refractivity contribution is 9.10. The Bertz CT molecular complexity index is 469. The van der Waals surface area contributed by atoms with Crippen LogP contribution in [0.4, 0.5) is 0 Å². The van der Waals surface area contributed by atoms with E-state index in [0.717, 1.165) is 10.0 Å². The number of rotatable bonds is 2. The second kappa shape index (κ2) is 3.57. The van der Waals surface area contributed by atoms with Crippen molar-refractivity contribution in [1.29, 1.82) is 0 Å². The van der Waals surface area contributed by atoms with Crippen LogP contribution < -0.4 is 5.73 Å². The molecule has 3 nitrogen and oxygen atoms in total. The quantitative estimate of drug-likeness (QED) is 0.892. The van der Waals surface area contributed by atoms with Gasteiger partial charge in [-0.25, -0.2) is 8.42 Å². The number of nitrogens with two attached hydrogens (primary N) is 1. The van der Waals surface area contributed by atoms with E-state index in [9.17, 15) is 8.42 Å². The van der Waals surface area contributed by atoms with Gasteiger partial charge in [-0.15, -0.1) is 0 Å². The summed E-state index contributed by atoms with van der Waals surface area (Å²) in [5.74, 6) is -0.0342. The third kappa shape index (κ3) is 2.09. The van der Waals surface area contributed by atoms with Gasteiger partial charge in [0.2, 0.25) is 0 Å². The summed E-state index contributed by atoms with van der Waals surface area (Å²) in [7, 11) is -3.02. The zero-order chi connectivity index (χ0) is 11.2. The van der Waals surface area contributed by atoms with Crippen LogP contribution >= 0.6 is 15.9 Å². The zero-order valence-corrected chi connectivity index (χ0v) is 10.6. The molecule has 2 N–H and O–H groups in total. The molecular weight excluding hydrogens is 278 g/mol. The Kier molecular flexibility index (Phi) is 2.65. The highest BCUT2D eigenvalue weighted by Gasteiger charge is 2.54. The van der Waals surface area contributed by atoms with Gasteiger partial charge in [0.05, 0.1) is 5.25 Å². The molecule has 0 saturated heterocycles. The van der Waals surface area contributed by atoms with E-state index in [1.807, 2.05) is 24.3 Å². The topological polar surface area (TPSA) is 60.2 Å². The predicted octanol–water partition coefficient (Wildman–Crippen LogP) is 1.29. The van der Waals surface area contributed by atoms with Crippen LogP contribution in [0.1, 0.15) is 11.5 Å². The van der Waals surface area contributed by atoms with Crippen LogP contribution in [0.15, 0.2) is 28.7 Å². The van der Waals surface area contributed by atoms with Gasteiger partial charge in [0.1, 0.15) is 0 Å². The largest absolute Gasteiger partial charge is 0.326 e. The summed E-state index contributed by atoms with van der Waals surface area (Å²) >= 11 is 3.34. The second-order valence-electron chi connectivity index (χ2n) is 3.95. The molecule has 0 unspecified atom stereocenters. The molecule has 0 bridgehead atoms. The molecule has 1 aliphatic carbocycles. The van der Waals surface area contributed by atoms with Crippen LogP contribution in [-0.2, 0) is 9.84 Å². The fourth-order valence-corrected chi connectivity index (χ4v) is 3.74. The standard InChI is InChI=1S/C10H12BrNO2S/c1-15(13,14)10-8(9(10)12)6-2-4-7(11)5-3-6/h2-5,8-10H,12H2,1H3/t8-,9+,10-/m0/s1. The molecule has 1 fully saturated rings. The first-order valence-corrected chi connectivity index (χ1v) is 7.36. The molecule has 1 aliphatic rings. The van der Waals surface area contributed by atoms with Crippen molar-refractivity contribution in [3.8, 4) is 0 Å². The van der Waals surface area contributed by atoms with Gasteiger partial charge in [0.25, 0.3) is 0 Å². The Balaban J connectivity index is 2.26. The minimum atomic E-state index is -3.02. The third-order valence-electron chi connectivity index (χ3n) is 2.76. The van der Waals surface area contributed by atoms with E-state index in [2.05, 4.69) is 15.9 Å². The summed E-state index contributed by atoms with van der Waals surface area (Å²) in [5.41, 5.74) is 6.78. The third-order valence-corrected chi connectivity index (χ3v) is 4.88. The van der Waals surface area contributed by atoms with Crippen LogP contribution in [0.2, 0.25) is 0 Å². The van der Waals surface area contributed by atoms with Crippen LogP contribution in [0.5, 0.6) is 0 Å². The van der Waals surface area contributed by atoms with Crippen molar-refractivity contribution < 1.29 is 8.42 Å². The van der Waals surface area contributed by atoms with E-state index in [4.69, 9.17) is 5.73 Å². The van der Waals surface area contributed by atoms with Crippen molar-refractivity contribution >= 4 is 25.8 Å². The summed E-state index contributed by atoms with van der Waals surface area (Å²) in [6, 6.07) is 7.39. The molecule has 0 heterocycles. The maximum Gasteiger partial charge on any atom is 0.152 e. The van der Waals surface area contributed by atoms with Crippen molar-refractivity contribution in [3.05, 3.63) is 34.3 Å². The predicted molar refractivity (Wildman–Crippen MR) is 63.5 cm³/mol. The lowest BCUT2D eigenvalue weighted by Crippen LogP contribution is -2.13. The van der Waals surface area contributed by atoms with E-state index in [1.165, 1.54) is 6.26 Å². The van der Waals surface area contributed by atoms with Crippen molar-refractivity contribution in [1.82, 2.24) is 0 Å². The lowest BCUT2D eigenvalue weighted by molar-refractivity contribution is 0.599. The van der Waals surface area contributed by atoms with Crippen LogP contribution in [0.3, 0.4) is 0 Å². The molecule has 3 atom stereocenters. The number of halogens is 1. The smallest absolute Gasteiger partial charge is 0.152 e. The highest BCUT2D eigenvalue weighted by Crippen LogP contribution is 2.44. The lowest BCUT2D eigenvalue weighted by Gasteiger charge is -1.98. The average Bonchev–Trinajstić information content (AvgIpc) is 2.78. The molecule has 0 aromatic heterocycles. The summed E-state index contributed by atoms with van der Waals surface area (Å²) in [4.78, 5) is 0. The first-order chi connectivity index (χ1) is 6.91.